The number of carbonyl (C=O) groups is 1. The molecule has 0 spiro atoms. The average Bonchev–Trinajstić information content (AvgIpc) is 2.63. The first-order chi connectivity index (χ1) is 12.1. The first-order valence-electron chi connectivity index (χ1n) is 8.13. The maximum absolute atomic E-state index is 12.8. The second-order valence-corrected chi connectivity index (χ2v) is 6.84. The van der Waals surface area contributed by atoms with Gasteiger partial charge in [0.2, 0.25) is 0 Å². The van der Waals surface area contributed by atoms with Crippen LogP contribution in [0.5, 0.6) is 0 Å². The van der Waals surface area contributed by atoms with Gasteiger partial charge in [0.25, 0.3) is 5.91 Å². The largest absolute Gasteiger partial charge is 0.359 e. The summed E-state index contributed by atoms with van der Waals surface area (Å²) in [7, 11) is 0. The lowest BCUT2D eigenvalue weighted by Gasteiger charge is -2.29. The average molecular weight is 396 g/mol. The number of nitrogens with one attached hydrogen (secondary N) is 1. The van der Waals surface area contributed by atoms with Gasteiger partial charge in [-0.15, -0.1) is 0 Å². The van der Waals surface area contributed by atoms with Crippen molar-refractivity contribution in [2.75, 3.05) is 16.8 Å². The van der Waals surface area contributed by atoms with E-state index in [0.717, 1.165) is 39.8 Å². The number of hydrogen-bond donors (Lipinski definition) is 1. The summed E-state index contributed by atoms with van der Waals surface area (Å²) in [6.07, 6.45) is 3.34. The molecule has 0 unspecified atom stereocenters. The molecule has 25 heavy (non-hydrogen) atoms. The highest BCUT2D eigenvalue weighted by Crippen LogP contribution is 2.28. The fourth-order valence-electron chi connectivity index (χ4n) is 2.92. The van der Waals surface area contributed by atoms with Crippen LogP contribution in [0.25, 0.3) is 0 Å². The molecule has 0 saturated carbocycles. The molecule has 1 heterocycles. The minimum Gasteiger partial charge on any atom is -0.359 e. The van der Waals surface area contributed by atoms with Crippen LogP contribution in [0.15, 0.2) is 58.7 Å². The molecular weight excluding hydrogens is 378 g/mol. The van der Waals surface area contributed by atoms with Crippen molar-refractivity contribution in [3.05, 3.63) is 69.8 Å². The van der Waals surface area contributed by atoms with E-state index in [1.54, 1.807) is 4.90 Å². The topological polar surface area (TPSA) is 56.1 Å². The zero-order valence-electron chi connectivity index (χ0n) is 13.9. The quantitative estimate of drug-likeness (QED) is 0.612. The Morgan fingerprint density at radius 1 is 1.32 bits per heavy atom. The van der Waals surface area contributed by atoms with Gasteiger partial charge in [-0.3, -0.25) is 4.79 Å². The molecule has 0 atom stereocenters. The minimum atomic E-state index is -0.273. The molecule has 2 aromatic rings. The van der Waals surface area contributed by atoms with Gasteiger partial charge in [0.1, 0.15) is 11.6 Å². The summed E-state index contributed by atoms with van der Waals surface area (Å²) in [6, 6.07) is 15.7. The van der Waals surface area contributed by atoms with Crippen LogP contribution in [0.1, 0.15) is 17.5 Å². The van der Waals surface area contributed by atoms with Gasteiger partial charge >= 0.3 is 0 Å². The number of amides is 1. The third kappa shape index (κ3) is 3.75. The second kappa shape index (κ2) is 7.54. The van der Waals surface area contributed by atoms with Crippen molar-refractivity contribution in [2.45, 2.75) is 19.8 Å². The summed E-state index contributed by atoms with van der Waals surface area (Å²) in [5, 5.41) is 12.5. The smallest absolute Gasteiger partial charge is 0.270 e. The predicted octanol–water partition coefficient (Wildman–Crippen LogP) is 4.56. The SMILES string of the molecule is Cc1ccc(N/C=C(/C#N)C(=O)N2CCCc3ccccc32)c(Br)c1. The van der Waals surface area contributed by atoms with E-state index in [4.69, 9.17) is 0 Å². The van der Waals surface area contributed by atoms with Crippen molar-refractivity contribution in [3.8, 4) is 6.07 Å². The highest BCUT2D eigenvalue weighted by atomic mass is 79.9. The maximum atomic E-state index is 12.8. The molecule has 1 amide bonds. The zero-order valence-corrected chi connectivity index (χ0v) is 15.5. The van der Waals surface area contributed by atoms with E-state index in [-0.39, 0.29) is 11.5 Å². The number of aryl methyl sites for hydroxylation is 2. The van der Waals surface area contributed by atoms with Crippen molar-refractivity contribution < 1.29 is 4.79 Å². The second-order valence-electron chi connectivity index (χ2n) is 5.99. The van der Waals surface area contributed by atoms with Gasteiger partial charge < -0.3 is 10.2 Å². The molecule has 0 bridgehead atoms. The van der Waals surface area contributed by atoms with Crippen molar-refractivity contribution in [3.63, 3.8) is 0 Å². The van der Waals surface area contributed by atoms with E-state index < -0.39 is 0 Å². The molecule has 3 rings (SSSR count). The normalized spacial score (nSPS) is 13.8. The molecule has 4 nitrogen and oxygen atoms in total. The van der Waals surface area contributed by atoms with Crippen LogP contribution >= 0.6 is 15.9 Å². The van der Waals surface area contributed by atoms with Gasteiger partial charge in [-0.25, -0.2) is 0 Å². The Kier molecular flexibility index (Phi) is 5.20. The number of nitrogens with zero attached hydrogens (tertiary/aromatic N) is 2. The molecule has 0 saturated heterocycles. The number of fused-ring (bicyclic) bond motifs is 1. The van der Waals surface area contributed by atoms with Crippen molar-refractivity contribution in [2.24, 2.45) is 0 Å². The van der Waals surface area contributed by atoms with Crippen LogP contribution in [0.4, 0.5) is 11.4 Å². The lowest BCUT2D eigenvalue weighted by atomic mass is 10.0. The van der Waals surface area contributed by atoms with Crippen LogP contribution in [0.3, 0.4) is 0 Å². The van der Waals surface area contributed by atoms with Crippen LogP contribution < -0.4 is 10.2 Å². The number of para-hydroxylation sites is 1. The van der Waals surface area contributed by atoms with Crippen molar-refractivity contribution in [1.82, 2.24) is 0 Å². The Morgan fingerprint density at radius 3 is 2.88 bits per heavy atom. The van der Waals surface area contributed by atoms with Crippen LogP contribution in [0, 0.1) is 18.3 Å². The van der Waals surface area contributed by atoms with E-state index in [1.807, 2.05) is 55.5 Å². The third-order valence-electron chi connectivity index (χ3n) is 4.20. The fraction of sp³-hybridized carbons (Fsp3) is 0.200. The van der Waals surface area contributed by atoms with Gasteiger partial charge in [-0.05, 0) is 65.0 Å². The lowest BCUT2D eigenvalue weighted by Crippen LogP contribution is -2.36. The highest BCUT2D eigenvalue weighted by Gasteiger charge is 2.24. The first kappa shape index (κ1) is 17.2. The Labute approximate surface area is 155 Å². The molecule has 0 radical (unpaired) electrons. The number of halogens is 1. The van der Waals surface area contributed by atoms with E-state index in [0.29, 0.717) is 6.54 Å². The molecule has 0 fully saturated rings. The summed E-state index contributed by atoms with van der Waals surface area (Å²) < 4.78 is 0.886. The molecule has 2 aromatic carbocycles. The number of benzene rings is 2. The van der Waals surface area contributed by atoms with E-state index in [2.05, 4.69) is 21.2 Å². The molecule has 1 N–H and O–H groups in total. The van der Waals surface area contributed by atoms with E-state index in [1.165, 1.54) is 6.20 Å². The van der Waals surface area contributed by atoms with Crippen LogP contribution in [-0.4, -0.2) is 12.5 Å². The van der Waals surface area contributed by atoms with Gasteiger partial charge in [-0.1, -0.05) is 24.3 Å². The lowest BCUT2D eigenvalue weighted by molar-refractivity contribution is -0.114. The monoisotopic (exact) mass is 395 g/mol. The van der Waals surface area contributed by atoms with Crippen LogP contribution in [-0.2, 0) is 11.2 Å². The molecule has 0 aromatic heterocycles. The number of anilines is 2. The zero-order chi connectivity index (χ0) is 17.8. The predicted molar refractivity (Wildman–Crippen MR) is 103 cm³/mol. The Morgan fingerprint density at radius 2 is 2.12 bits per heavy atom. The Hall–Kier alpha value is -2.58. The Balaban J connectivity index is 1.84. The summed E-state index contributed by atoms with van der Waals surface area (Å²) >= 11 is 3.48. The Bertz CT molecular complexity index is 883. The number of carbonyl (C=O) groups excluding carboxylic acids is 1. The first-order valence-corrected chi connectivity index (χ1v) is 8.92. The van der Waals surface area contributed by atoms with Gasteiger partial charge in [-0.2, -0.15) is 5.26 Å². The molecule has 1 aliphatic heterocycles. The third-order valence-corrected chi connectivity index (χ3v) is 4.86. The van der Waals surface area contributed by atoms with E-state index >= 15 is 0 Å². The molecule has 0 aliphatic carbocycles. The van der Waals surface area contributed by atoms with Crippen LogP contribution in [0.2, 0.25) is 0 Å². The molecular formula is C20H18BrN3O. The number of rotatable bonds is 3. The molecule has 5 heteroatoms. The summed E-state index contributed by atoms with van der Waals surface area (Å²) in [5.74, 6) is -0.273. The standard InChI is InChI=1S/C20H18BrN3O/c1-14-8-9-18(17(21)11-14)23-13-16(12-22)20(25)24-10-4-6-15-5-2-3-7-19(15)24/h2-3,5,7-9,11,13,23H,4,6,10H2,1H3/b16-13-. The van der Waals surface area contributed by atoms with Crippen molar-refractivity contribution >= 4 is 33.2 Å². The summed E-state index contributed by atoms with van der Waals surface area (Å²) in [4.78, 5) is 14.5. The minimum absolute atomic E-state index is 0.0872. The number of nitriles is 1. The number of hydrogen-bond acceptors (Lipinski definition) is 3. The van der Waals surface area contributed by atoms with Crippen molar-refractivity contribution in [1.29, 1.82) is 5.26 Å². The molecule has 126 valence electrons. The van der Waals surface area contributed by atoms with E-state index in [9.17, 15) is 10.1 Å². The maximum Gasteiger partial charge on any atom is 0.270 e. The summed E-state index contributed by atoms with van der Waals surface area (Å²) in [5.41, 5.74) is 4.07. The van der Waals surface area contributed by atoms with Gasteiger partial charge in [0.15, 0.2) is 0 Å². The molecule has 1 aliphatic rings. The highest BCUT2D eigenvalue weighted by molar-refractivity contribution is 9.10. The fourth-order valence-corrected chi connectivity index (χ4v) is 3.53. The van der Waals surface area contributed by atoms with Gasteiger partial charge in [0.05, 0.1) is 5.69 Å². The summed E-state index contributed by atoms with van der Waals surface area (Å²) in [6.45, 7) is 2.63. The van der Waals surface area contributed by atoms with Gasteiger partial charge in [0, 0.05) is 22.9 Å².